The molecule has 0 bridgehead atoms. The molecule has 4 nitrogen and oxygen atoms in total. The molecular formula is C21H23FN2O2. The second-order valence-corrected chi connectivity index (χ2v) is 6.09. The lowest BCUT2D eigenvalue weighted by Crippen LogP contribution is -2.32. The van der Waals surface area contributed by atoms with E-state index in [2.05, 4.69) is 10.6 Å². The van der Waals surface area contributed by atoms with Gasteiger partial charge in [0.1, 0.15) is 5.82 Å². The molecule has 0 saturated carbocycles. The Morgan fingerprint density at radius 3 is 2.58 bits per heavy atom. The minimum absolute atomic E-state index is 0.113. The average Bonchev–Trinajstić information content (AvgIpc) is 2.66. The number of rotatable bonds is 7. The molecule has 0 aliphatic carbocycles. The maximum Gasteiger partial charge on any atom is 0.251 e. The Balaban J connectivity index is 1.90. The maximum absolute atomic E-state index is 12.8. The van der Waals surface area contributed by atoms with Crippen molar-refractivity contribution in [3.8, 4) is 0 Å². The van der Waals surface area contributed by atoms with E-state index in [9.17, 15) is 14.0 Å². The lowest BCUT2D eigenvalue weighted by molar-refractivity contribution is -0.116. The van der Waals surface area contributed by atoms with Crippen LogP contribution < -0.4 is 10.6 Å². The van der Waals surface area contributed by atoms with Gasteiger partial charge in [-0.3, -0.25) is 9.59 Å². The van der Waals surface area contributed by atoms with Gasteiger partial charge in [0.25, 0.3) is 5.91 Å². The number of nitrogens with one attached hydrogen (secondary N) is 2. The molecule has 0 heterocycles. The van der Waals surface area contributed by atoms with Crippen molar-refractivity contribution in [1.29, 1.82) is 0 Å². The Bertz CT molecular complexity index is 785. The summed E-state index contributed by atoms with van der Waals surface area (Å²) >= 11 is 0. The monoisotopic (exact) mass is 354 g/mol. The van der Waals surface area contributed by atoms with E-state index in [0.717, 1.165) is 17.5 Å². The van der Waals surface area contributed by atoms with Crippen molar-refractivity contribution < 1.29 is 14.0 Å². The summed E-state index contributed by atoms with van der Waals surface area (Å²) in [5.74, 6) is -0.698. The lowest BCUT2D eigenvalue weighted by atomic mass is 10.1. The molecule has 5 heteroatoms. The molecule has 0 aliphatic heterocycles. The van der Waals surface area contributed by atoms with Crippen molar-refractivity contribution in [2.75, 3.05) is 0 Å². The van der Waals surface area contributed by atoms with Gasteiger partial charge in [-0.1, -0.05) is 31.2 Å². The molecule has 0 saturated heterocycles. The van der Waals surface area contributed by atoms with Crippen LogP contribution in [0.2, 0.25) is 0 Å². The molecule has 26 heavy (non-hydrogen) atoms. The van der Waals surface area contributed by atoms with Crippen LogP contribution in [0.15, 0.2) is 54.6 Å². The number of carbonyl (C=O) groups excluding carboxylic acids is 2. The van der Waals surface area contributed by atoms with Crippen LogP contribution in [0.4, 0.5) is 4.39 Å². The van der Waals surface area contributed by atoms with Crippen LogP contribution in [0.3, 0.4) is 0 Å². The molecule has 1 atom stereocenters. The van der Waals surface area contributed by atoms with Crippen LogP contribution in [0, 0.1) is 5.82 Å². The highest BCUT2D eigenvalue weighted by Crippen LogP contribution is 2.07. The van der Waals surface area contributed by atoms with Gasteiger partial charge in [-0.05, 0) is 54.8 Å². The fourth-order valence-corrected chi connectivity index (χ4v) is 2.23. The third-order valence-electron chi connectivity index (χ3n) is 3.94. The zero-order valence-corrected chi connectivity index (χ0v) is 15.0. The van der Waals surface area contributed by atoms with E-state index < -0.39 is 0 Å². The predicted octanol–water partition coefficient (Wildman–Crippen LogP) is 3.68. The summed E-state index contributed by atoms with van der Waals surface area (Å²) < 4.78 is 12.8. The van der Waals surface area contributed by atoms with Crippen molar-refractivity contribution in [3.63, 3.8) is 0 Å². The second-order valence-electron chi connectivity index (χ2n) is 6.09. The zero-order chi connectivity index (χ0) is 18.9. The first kappa shape index (κ1) is 19.4. The topological polar surface area (TPSA) is 58.2 Å². The Morgan fingerprint density at radius 2 is 1.88 bits per heavy atom. The zero-order valence-electron chi connectivity index (χ0n) is 15.0. The molecule has 0 aromatic heterocycles. The number of benzene rings is 2. The van der Waals surface area contributed by atoms with Gasteiger partial charge in [0.2, 0.25) is 5.91 Å². The molecule has 0 fully saturated rings. The van der Waals surface area contributed by atoms with Gasteiger partial charge in [-0.25, -0.2) is 4.39 Å². The predicted molar refractivity (Wildman–Crippen MR) is 101 cm³/mol. The highest BCUT2D eigenvalue weighted by Gasteiger charge is 2.09. The second kappa shape index (κ2) is 9.51. The molecular weight excluding hydrogens is 331 g/mol. The summed E-state index contributed by atoms with van der Waals surface area (Å²) in [7, 11) is 0. The summed E-state index contributed by atoms with van der Waals surface area (Å²) in [6.07, 6.45) is 3.87. The van der Waals surface area contributed by atoms with E-state index in [4.69, 9.17) is 0 Å². The quantitative estimate of drug-likeness (QED) is 0.745. The van der Waals surface area contributed by atoms with Gasteiger partial charge in [-0.2, -0.15) is 0 Å². The van der Waals surface area contributed by atoms with Crippen LogP contribution in [0.1, 0.15) is 41.8 Å². The first-order chi connectivity index (χ1) is 12.5. The van der Waals surface area contributed by atoms with Gasteiger partial charge in [-0.15, -0.1) is 0 Å². The smallest absolute Gasteiger partial charge is 0.251 e. The highest BCUT2D eigenvalue weighted by atomic mass is 19.1. The van der Waals surface area contributed by atoms with Crippen molar-refractivity contribution in [2.45, 2.75) is 32.9 Å². The lowest BCUT2D eigenvalue weighted by Gasteiger charge is -2.12. The summed E-state index contributed by atoms with van der Waals surface area (Å²) in [6, 6.07) is 13.1. The van der Waals surface area contributed by atoms with Crippen molar-refractivity contribution in [3.05, 3.63) is 77.1 Å². The van der Waals surface area contributed by atoms with Crippen LogP contribution in [-0.4, -0.2) is 17.9 Å². The van der Waals surface area contributed by atoms with E-state index in [0.29, 0.717) is 12.1 Å². The molecule has 0 spiro atoms. The highest BCUT2D eigenvalue weighted by molar-refractivity contribution is 5.94. The Kier molecular flexibility index (Phi) is 7.09. The summed E-state index contributed by atoms with van der Waals surface area (Å²) in [6.45, 7) is 4.28. The number of carbonyl (C=O) groups is 2. The first-order valence-corrected chi connectivity index (χ1v) is 8.59. The van der Waals surface area contributed by atoms with Crippen molar-refractivity contribution >= 4 is 17.9 Å². The molecule has 0 radical (unpaired) electrons. The molecule has 2 rings (SSSR count). The van der Waals surface area contributed by atoms with Crippen molar-refractivity contribution in [1.82, 2.24) is 10.6 Å². The van der Waals surface area contributed by atoms with Gasteiger partial charge in [0.05, 0.1) is 0 Å². The minimum Gasteiger partial charge on any atom is -0.350 e. The Morgan fingerprint density at radius 1 is 1.15 bits per heavy atom. The van der Waals surface area contributed by atoms with E-state index >= 15 is 0 Å². The van der Waals surface area contributed by atoms with Gasteiger partial charge < -0.3 is 10.6 Å². The molecule has 2 aromatic rings. The number of hydrogen-bond acceptors (Lipinski definition) is 2. The minimum atomic E-state index is -0.316. The fraction of sp³-hybridized carbons (Fsp3) is 0.238. The third-order valence-corrected chi connectivity index (χ3v) is 3.94. The standard InChI is InChI=1S/C21H23FN2O2/c1-3-15(2)24-21(26)18-6-4-5-17(13-18)14-23-20(25)12-9-16-7-10-19(22)11-8-16/h4-13,15H,3,14H2,1-2H3,(H,23,25)(H,24,26)/b12-9+. The summed E-state index contributed by atoms with van der Waals surface area (Å²) in [5.41, 5.74) is 2.15. The number of hydrogen-bond donors (Lipinski definition) is 2. The molecule has 2 N–H and O–H groups in total. The normalized spacial score (nSPS) is 12.0. The molecule has 0 aliphatic rings. The van der Waals surface area contributed by atoms with Crippen LogP contribution in [-0.2, 0) is 11.3 Å². The average molecular weight is 354 g/mol. The van der Waals surface area contributed by atoms with E-state index in [-0.39, 0.29) is 23.7 Å². The Hall–Kier alpha value is -2.95. The van der Waals surface area contributed by atoms with E-state index in [1.807, 2.05) is 19.9 Å². The fourth-order valence-electron chi connectivity index (χ4n) is 2.23. The largest absolute Gasteiger partial charge is 0.350 e. The Labute approximate surface area is 153 Å². The molecule has 2 aromatic carbocycles. The van der Waals surface area contributed by atoms with E-state index in [1.165, 1.54) is 18.2 Å². The first-order valence-electron chi connectivity index (χ1n) is 8.59. The SMILES string of the molecule is CCC(C)NC(=O)c1cccc(CNC(=O)/C=C/c2ccc(F)cc2)c1. The molecule has 136 valence electrons. The van der Waals surface area contributed by atoms with Crippen LogP contribution in [0.5, 0.6) is 0 Å². The summed E-state index contributed by atoms with van der Waals surface area (Å²) in [4.78, 5) is 24.1. The van der Waals surface area contributed by atoms with Crippen LogP contribution in [0.25, 0.3) is 6.08 Å². The van der Waals surface area contributed by atoms with Gasteiger partial charge in [0, 0.05) is 24.2 Å². The number of halogens is 1. The summed E-state index contributed by atoms with van der Waals surface area (Å²) in [5, 5.41) is 5.68. The maximum atomic E-state index is 12.8. The van der Waals surface area contributed by atoms with Gasteiger partial charge in [0.15, 0.2) is 0 Å². The molecule has 1 unspecified atom stereocenters. The van der Waals surface area contributed by atoms with Gasteiger partial charge >= 0.3 is 0 Å². The molecule has 2 amide bonds. The van der Waals surface area contributed by atoms with Crippen LogP contribution >= 0.6 is 0 Å². The van der Waals surface area contributed by atoms with Crippen molar-refractivity contribution in [2.24, 2.45) is 0 Å². The number of amides is 2. The van der Waals surface area contributed by atoms with E-state index in [1.54, 1.807) is 36.4 Å². The third kappa shape index (κ3) is 6.16.